The van der Waals surface area contributed by atoms with Gasteiger partial charge in [0.25, 0.3) is 0 Å². The topological polar surface area (TPSA) is 78.0 Å². The number of hydrogen-bond acceptors (Lipinski definition) is 4. The van der Waals surface area contributed by atoms with E-state index in [0.29, 0.717) is 12.2 Å². The SMILES string of the molecule is CC(CN)CS(=O)(=O)Cc1nn(C)c2ccccc12. The van der Waals surface area contributed by atoms with E-state index in [1.807, 2.05) is 38.2 Å². The number of fused-ring (bicyclic) bond motifs is 1. The smallest absolute Gasteiger partial charge is 0.156 e. The highest BCUT2D eigenvalue weighted by atomic mass is 32.2. The Morgan fingerprint density at radius 1 is 1.37 bits per heavy atom. The molecule has 0 bridgehead atoms. The third-order valence-electron chi connectivity index (χ3n) is 3.13. The number of aryl methyl sites for hydroxylation is 1. The van der Waals surface area contributed by atoms with Gasteiger partial charge in [0.15, 0.2) is 9.84 Å². The minimum absolute atomic E-state index is 0.0278. The molecule has 5 nitrogen and oxygen atoms in total. The van der Waals surface area contributed by atoms with Gasteiger partial charge in [0.2, 0.25) is 0 Å². The van der Waals surface area contributed by atoms with Crippen molar-refractivity contribution in [3.63, 3.8) is 0 Å². The molecule has 1 unspecified atom stereocenters. The third-order valence-corrected chi connectivity index (χ3v) is 4.92. The summed E-state index contributed by atoms with van der Waals surface area (Å²) < 4.78 is 25.9. The van der Waals surface area contributed by atoms with Crippen LogP contribution in [0.2, 0.25) is 0 Å². The maximum Gasteiger partial charge on any atom is 0.156 e. The number of hydrogen-bond donors (Lipinski definition) is 1. The van der Waals surface area contributed by atoms with Crippen LogP contribution in [-0.2, 0) is 22.6 Å². The highest BCUT2D eigenvalue weighted by Gasteiger charge is 2.19. The Hall–Kier alpha value is -1.40. The minimum atomic E-state index is -3.18. The molecule has 1 aromatic heterocycles. The zero-order valence-electron chi connectivity index (χ0n) is 11.2. The summed E-state index contributed by atoms with van der Waals surface area (Å²) in [5.41, 5.74) is 7.04. The van der Waals surface area contributed by atoms with Crippen molar-refractivity contribution in [2.45, 2.75) is 12.7 Å². The predicted octanol–water partition coefficient (Wildman–Crippen LogP) is 1.08. The van der Waals surface area contributed by atoms with E-state index in [-0.39, 0.29) is 17.4 Å². The number of aromatic nitrogens is 2. The van der Waals surface area contributed by atoms with Gasteiger partial charge < -0.3 is 5.73 Å². The molecule has 6 heteroatoms. The fourth-order valence-corrected chi connectivity index (χ4v) is 3.91. The molecule has 0 saturated carbocycles. The van der Waals surface area contributed by atoms with E-state index in [1.54, 1.807) is 4.68 Å². The van der Waals surface area contributed by atoms with Crippen LogP contribution < -0.4 is 5.73 Å². The van der Waals surface area contributed by atoms with Gasteiger partial charge in [-0.3, -0.25) is 4.68 Å². The lowest BCUT2D eigenvalue weighted by molar-refractivity contribution is 0.572. The minimum Gasteiger partial charge on any atom is -0.330 e. The van der Waals surface area contributed by atoms with Crippen molar-refractivity contribution in [1.29, 1.82) is 0 Å². The molecule has 19 heavy (non-hydrogen) atoms. The van der Waals surface area contributed by atoms with Gasteiger partial charge in [-0.25, -0.2) is 8.42 Å². The van der Waals surface area contributed by atoms with Gasteiger partial charge in [0.05, 0.1) is 22.7 Å². The number of nitrogens with zero attached hydrogens (tertiary/aromatic N) is 2. The van der Waals surface area contributed by atoms with Crippen molar-refractivity contribution in [2.24, 2.45) is 18.7 Å². The summed E-state index contributed by atoms with van der Waals surface area (Å²) >= 11 is 0. The second-order valence-electron chi connectivity index (χ2n) is 4.98. The highest BCUT2D eigenvalue weighted by Crippen LogP contribution is 2.20. The van der Waals surface area contributed by atoms with Gasteiger partial charge >= 0.3 is 0 Å². The fraction of sp³-hybridized carbons (Fsp3) is 0.462. The van der Waals surface area contributed by atoms with Crippen LogP contribution in [0.25, 0.3) is 10.9 Å². The lowest BCUT2D eigenvalue weighted by atomic mass is 10.2. The third kappa shape index (κ3) is 3.13. The molecular weight excluding hydrogens is 262 g/mol. The molecule has 2 N–H and O–H groups in total. The molecular formula is C13H19N3O2S. The summed E-state index contributed by atoms with van der Waals surface area (Å²) in [7, 11) is -1.36. The Balaban J connectivity index is 2.31. The average Bonchev–Trinajstić information content (AvgIpc) is 2.65. The van der Waals surface area contributed by atoms with Gasteiger partial charge in [-0.1, -0.05) is 25.1 Å². The summed E-state index contributed by atoms with van der Waals surface area (Å²) in [5.74, 6) is 0.0487. The molecule has 104 valence electrons. The van der Waals surface area contributed by atoms with Crippen molar-refractivity contribution in [3.8, 4) is 0 Å². The van der Waals surface area contributed by atoms with Crippen LogP contribution in [0.1, 0.15) is 12.6 Å². The van der Waals surface area contributed by atoms with E-state index in [9.17, 15) is 8.42 Å². The second kappa shape index (κ2) is 5.30. The summed E-state index contributed by atoms with van der Waals surface area (Å²) in [6.07, 6.45) is 0. The molecule has 1 heterocycles. The average molecular weight is 281 g/mol. The van der Waals surface area contributed by atoms with Gasteiger partial charge in [-0.15, -0.1) is 0 Å². The van der Waals surface area contributed by atoms with Gasteiger partial charge in [0, 0.05) is 12.4 Å². The molecule has 0 fully saturated rings. The molecule has 0 amide bonds. The number of benzene rings is 1. The maximum atomic E-state index is 12.1. The number of para-hydroxylation sites is 1. The Morgan fingerprint density at radius 2 is 2.05 bits per heavy atom. The molecule has 2 aromatic rings. The van der Waals surface area contributed by atoms with Crippen molar-refractivity contribution >= 4 is 20.7 Å². The van der Waals surface area contributed by atoms with Gasteiger partial charge in [0.1, 0.15) is 0 Å². The molecule has 1 atom stereocenters. The second-order valence-corrected chi connectivity index (χ2v) is 7.09. The number of sulfone groups is 1. The van der Waals surface area contributed by atoms with Crippen LogP contribution in [0.5, 0.6) is 0 Å². The maximum absolute atomic E-state index is 12.1. The first-order valence-electron chi connectivity index (χ1n) is 6.24. The van der Waals surface area contributed by atoms with Crippen LogP contribution >= 0.6 is 0 Å². The van der Waals surface area contributed by atoms with Crippen LogP contribution in [-0.4, -0.2) is 30.5 Å². The summed E-state index contributed by atoms with van der Waals surface area (Å²) in [6, 6.07) is 7.64. The quantitative estimate of drug-likeness (QED) is 0.889. The van der Waals surface area contributed by atoms with E-state index < -0.39 is 9.84 Å². The van der Waals surface area contributed by atoms with E-state index >= 15 is 0 Å². The van der Waals surface area contributed by atoms with Crippen molar-refractivity contribution < 1.29 is 8.42 Å². The number of nitrogens with two attached hydrogens (primary N) is 1. The molecule has 0 aliphatic heterocycles. The molecule has 0 saturated heterocycles. The summed E-state index contributed by atoms with van der Waals surface area (Å²) in [4.78, 5) is 0. The normalized spacial score (nSPS) is 13.8. The number of rotatable bonds is 5. The van der Waals surface area contributed by atoms with Crippen LogP contribution in [0, 0.1) is 5.92 Å². The zero-order chi connectivity index (χ0) is 14.0. The Morgan fingerprint density at radius 3 is 2.74 bits per heavy atom. The molecule has 1 aromatic carbocycles. The van der Waals surface area contributed by atoms with Crippen molar-refractivity contribution in [2.75, 3.05) is 12.3 Å². The molecule has 0 radical (unpaired) electrons. The lowest BCUT2D eigenvalue weighted by Gasteiger charge is -2.08. The van der Waals surface area contributed by atoms with Crippen LogP contribution in [0.3, 0.4) is 0 Å². The van der Waals surface area contributed by atoms with Gasteiger partial charge in [-0.05, 0) is 18.5 Å². The summed E-state index contributed by atoms with van der Waals surface area (Å²) in [5, 5.41) is 5.21. The first-order chi connectivity index (χ1) is 8.93. The molecule has 0 aliphatic carbocycles. The van der Waals surface area contributed by atoms with Crippen LogP contribution in [0.15, 0.2) is 24.3 Å². The van der Waals surface area contributed by atoms with E-state index in [0.717, 1.165) is 10.9 Å². The van der Waals surface area contributed by atoms with Crippen molar-refractivity contribution in [3.05, 3.63) is 30.0 Å². The zero-order valence-corrected chi connectivity index (χ0v) is 12.0. The largest absolute Gasteiger partial charge is 0.330 e. The first kappa shape index (κ1) is 14.0. The molecule has 0 aliphatic rings. The Kier molecular flexibility index (Phi) is 3.91. The Labute approximate surface area is 113 Å². The predicted molar refractivity (Wildman–Crippen MR) is 76.4 cm³/mol. The molecule has 2 rings (SSSR count). The van der Waals surface area contributed by atoms with E-state index in [1.165, 1.54) is 0 Å². The van der Waals surface area contributed by atoms with Crippen LogP contribution in [0.4, 0.5) is 0 Å². The Bertz CT molecular complexity index is 676. The molecule has 0 spiro atoms. The fourth-order valence-electron chi connectivity index (χ4n) is 2.16. The highest BCUT2D eigenvalue weighted by molar-refractivity contribution is 7.90. The first-order valence-corrected chi connectivity index (χ1v) is 8.06. The standard InChI is InChI=1S/C13H19N3O2S/c1-10(7-14)8-19(17,18)9-12-11-5-3-4-6-13(11)16(2)15-12/h3-6,10H,7-9,14H2,1-2H3. The van der Waals surface area contributed by atoms with Crippen molar-refractivity contribution in [1.82, 2.24) is 9.78 Å². The van der Waals surface area contributed by atoms with E-state index in [4.69, 9.17) is 5.73 Å². The summed E-state index contributed by atoms with van der Waals surface area (Å²) in [6.45, 7) is 2.22. The van der Waals surface area contributed by atoms with Gasteiger partial charge in [-0.2, -0.15) is 5.10 Å². The lowest BCUT2D eigenvalue weighted by Crippen LogP contribution is -2.22. The van der Waals surface area contributed by atoms with E-state index in [2.05, 4.69) is 5.10 Å². The monoisotopic (exact) mass is 281 g/mol.